The van der Waals surface area contributed by atoms with Gasteiger partial charge in [0.05, 0.1) is 5.56 Å². The Balaban J connectivity index is 1.50. The lowest BCUT2D eigenvalue weighted by Gasteiger charge is -2.09. The van der Waals surface area contributed by atoms with Crippen molar-refractivity contribution in [1.82, 2.24) is 0 Å². The summed E-state index contributed by atoms with van der Waals surface area (Å²) in [5, 5.41) is 13.3. The van der Waals surface area contributed by atoms with Gasteiger partial charge >= 0.3 is 0 Å². The Morgan fingerprint density at radius 3 is 2.78 bits per heavy atom. The van der Waals surface area contributed by atoms with E-state index in [1.807, 2.05) is 18.2 Å². The quantitative estimate of drug-likeness (QED) is 0.919. The van der Waals surface area contributed by atoms with E-state index < -0.39 is 0 Å². The summed E-state index contributed by atoms with van der Waals surface area (Å²) < 4.78 is 0. The number of nitrogens with one attached hydrogen (secondary N) is 1. The zero-order valence-corrected chi connectivity index (χ0v) is 13.7. The highest BCUT2D eigenvalue weighted by molar-refractivity contribution is 7.16. The fraction of sp³-hybridized carbons (Fsp3) is 0.368. The zero-order valence-electron chi connectivity index (χ0n) is 12.8. The smallest absolute Gasteiger partial charge is 0.228 e. The molecule has 1 aromatic heterocycles. The van der Waals surface area contributed by atoms with Crippen molar-refractivity contribution < 1.29 is 4.79 Å². The van der Waals surface area contributed by atoms with Gasteiger partial charge in [-0.25, -0.2) is 0 Å². The average molecular weight is 322 g/mol. The molecule has 0 bridgehead atoms. The summed E-state index contributed by atoms with van der Waals surface area (Å²) in [5.74, 6) is 0.438. The highest BCUT2D eigenvalue weighted by Crippen LogP contribution is 2.48. The molecule has 4 heteroatoms. The van der Waals surface area contributed by atoms with Gasteiger partial charge in [-0.1, -0.05) is 30.3 Å². The van der Waals surface area contributed by atoms with Crippen LogP contribution in [0, 0.1) is 17.2 Å². The molecule has 0 saturated heterocycles. The van der Waals surface area contributed by atoms with E-state index in [-0.39, 0.29) is 11.8 Å². The number of hydrogen-bond acceptors (Lipinski definition) is 3. The Morgan fingerprint density at radius 2 is 2.00 bits per heavy atom. The summed E-state index contributed by atoms with van der Waals surface area (Å²) in [7, 11) is 0. The Hall–Kier alpha value is -2.12. The van der Waals surface area contributed by atoms with Crippen molar-refractivity contribution in [3.8, 4) is 6.07 Å². The molecule has 116 valence electrons. The van der Waals surface area contributed by atoms with E-state index in [2.05, 4.69) is 23.5 Å². The predicted octanol–water partition coefficient (Wildman–Crippen LogP) is 4.24. The zero-order chi connectivity index (χ0) is 15.8. The van der Waals surface area contributed by atoms with E-state index in [0.29, 0.717) is 11.5 Å². The average Bonchev–Trinajstić information content (AvgIpc) is 3.31. The Bertz CT molecular complexity index is 788. The van der Waals surface area contributed by atoms with Gasteiger partial charge in [0.15, 0.2) is 0 Å². The highest BCUT2D eigenvalue weighted by Gasteiger charge is 2.44. The van der Waals surface area contributed by atoms with Crippen molar-refractivity contribution in [2.75, 3.05) is 5.32 Å². The van der Waals surface area contributed by atoms with Gasteiger partial charge in [-0.05, 0) is 49.1 Å². The summed E-state index contributed by atoms with van der Waals surface area (Å²) in [6.07, 6.45) is 5.25. The predicted molar refractivity (Wildman–Crippen MR) is 91.6 cm³/mol. The Morgan fingerprint density at radius 1 is 1.22 bits per heavy atom. The second-order valence-corrected chi connectivity index (χ2v) is 7.48. The van der Waals surface area contributed by atoms with Crippen molar-refractivity contribution >= 4 is 22.2 Å². The lowest BCUT2D eigenvalue weighted by molar-refractivity contribution is -0.117. The summed E-state index contributed by atoms with van der Waals surface area (Å²) in [6, 6.07) is 12.5. The van der Waals surface area contributed by atoms with Crippen LogP contribution in [0.5, 0.6) is 0 Å². The van der Waals surface area contributed by atoms with E-state index in [4.69, 9.17) is 0 Å². The number of aryl methyl sites for hydroxylation is 1. The molecule has 1 amide bonds. The number of benzene rings is 1. The normalized spacial score (nSPS) is 22.0. The minimum atomic E-state index is 0.0445. The van der Waals surface area contributed by atoms with E-state index >= 15 is 0 Å². The minimum Gasteiger partial charge on any atom is -0.316 e. The van der Waals surface area contributed by atoms with Crippen molar-refractivity contribution in [2.24, 2.45) is 5.92 Å². The molecule has 2 aliphatic carbocycles. The molecule has 1 aromatic carbocycles. The molecule has 0 aliphatic heterocycles. The van der Waals surface area contributed by atoms with Crippen LogP contribution in [0.3, 0.4) is 0 Å². The SMILES string of the molecule is N#Cc1c(NC(=O)C2CC2c2ccccc2)sc2c1CCCC2. The first-order chi connectivity index (χ1) is 11.3. The number of nitriles is 1. The summed E-state index contributed by atoms with van der Waals surface area (Å²) in [5.41, 5.74) is 3.11. The van der Waals surface area contributed by atoms with Crippen LogP contribution >= 0.6 is 11.3 Å². The third kappa shape index (κ3) is 2.66. The number of hydrogen-bond donors (Lipinski definition) is 1. The topological polar surface area (TPSA) is 52.9 Å². The Labute approximate surface area is 140 Å². The molecule has 1 fully saturated rings. The first-order valence-electron chi connectivity index (χ1n) is 8.18. The summed E-state index contributed by atoms with van der Waals surface area (Å²) in [4.78, 5) is 13.8. The number of anilines is 1. The summed E-state index contributed by atoms with van der Waals surface area (Å²) in [6.45, 7) is 0. The van der Waals surface area contributed by atoms with Crippen LogP contribution in [0.15, 0.2) is 30.3 Å². The second kappa shape index (κ2) is 5.82. The third-order valence-electron chi connectivity index (χ3n) is 4.87. The number of thiophene rings is 1. The van der Waals surface area contributed by atoms with E-state index in [9.17, 15) is 10.1 Å². The Kier molecular flexibility index (Phi) is 3.66. The van der Waals surface area contributed by atoms with Crippen LogP contribution in [0.1, 0.15) is 46.7 Å². The first kappa shape index (κ1) is 14.5. The molecule has 0 spiro atoms. The molecule has 0 radical (unpaired) electrons. The standard InChI is InChI=1S/C19H18N2OS/c20-11-16-13-8-4-5-9-17(13)23-19(16)21-18(22)15-10-14(15)12-6-2-1-3-7-12/h1-3,6-7,14-15H,4-5,8-10H2,(H,21,22). The number of amides is 1. The number of nitrogens with zero attached hydrogens (tertiary/aromatic N) is 1. The lowest BCUT2D eigenvalue weighted by Crippen LogP contribution is -2.14. The largest absolute Gasteiger partial charge is 0.316 e. The van der Waals surface area contributed by atoms with Gasteiger partial charge in [-0.3, -0.25) is 4.79 Å². The second-order valence-electron chi connectivity index (χ2n) is 6.38. The van der Waals surface area contributed by atoms with Gasteiger partial charge in [0, 0.05) is 10.8 Å². The molecule has 23 heavy (non-hydrogen) atoms. The maximum absolute atomic E-state index is 12.5. The van der Waals surface area contributed by atoms with Crippen molar-refractivity contribution in [3.63, 3.8) is 0 Å². The number of rotatable bonds is 3. The van der Waals surface area contributed by atoms with Gasteiger partial charge in [-0.2, -0.15) is 5.26 Å². The lowest BCUT2D eigenvalue weighted by atomic mass is 9.96. The highest BCUT2D eigenvalue weighted by atomic mass is 32.1. The molecule has 4 rings (SSSR count). The van der Waals surface area contributed by atoms with Gasteiger partial charge in [-0.15, -0.1) is 11.3 Å². The van der Waals surface area contributed by atoms with E-state index in [1.165, 1.54) is 22.4 Å². The molecular formula is C19H18N2OS. The molecule has 2 aliphatic rings. The molecule has 2 unspecified atom stereocenters. The van der Waals surface area contributed by atoms with Crippen LogP contribution in [0.25, 0.3) is 0 Å². The molecule has 1 heterocycles. The molecular weight excluding hydrogens is 304 g/mol. The van der Waals surface area contributed by atoms with E-state index in [0.717, 1.165) is 30.7 Å². The molecule has 2 atom stereocenters. The molecule has 1 saturated carbocycles. The maximum Gasteiger partial charge on any atom is 0.228 e. The fourth-order valence-corrected chi connectivity index (χ4v) is 4.77. The maximum atomic E-state index is 12.5. The van der Waals surface area contributed by atoms with Gasteiger partial charge in [0.2, 0.25) is 5.91 Å². The van der Waals surface area contributed by atoms with E-state index in [1.54, 1.807) is 11.3 Å². The summed E-state index contributed by atoms with van der Waals surface area (Å²) >= 11 is 1.60. The monoisotopic (exact) mass is 322 g/mol. The number of fused-ring (bicyclic) bond motifs is 1. The number of carbonyl (C=O) groups is 1. The van der Waals surface area contributed by atoms with Crippen molar-refractivity contribution in [2.45, 2.75) is 38.0 Å². The van der Waals surface area contributed by atoms with Gasteiger partial charge in [0.1, 0.15) is 11.1 Å². The van der Waals surface area contributed by atoms with Crippen LogP contribution < -0.4 is 5.32 Å². The van der Waals surface area contributed by atoms with Crippen LogP contribution in [0.4, 0.5) is 5.00 Å². The van der Waals surface area contributed by atoms with Crippen LogP contribution in [0.2, 0.25) is 0 Å². The van der Waals surface area contributed by atoms with Crippen LogP contribution in [-0.4, -0.2) is 5.91 Å². The molecule has 3 nitrogen and oxygen atoms in total. The van der Waals surface area contributed by atoms with Gasteiger partial charge < -0.3 is 5.32 Å². The first-order valence-corrected chi connectivity index (χ1v) is 9.00. The van der Waals surface area contributed by atoms with Gasteiger partial charge in [0.25, 0.3) is 0 Å². The molecule has 1 N–H and O–H groups in total. The van der Waals surface area contributed by atoms with Crippen LogP contribution in [-0.2, 0) is 17.6 Å². The number of carbonyl (C=O) groups excluding carboxylic acids is 1. The molecule has 2 aromatic rings. The van der Waals surface area contributed by atoms with Crippen molar-refractivity contribution in [1.29, 1.82) is 5.26 Å². The van der Waals surface area contributed by atoms with Crippen molar-refractivity contribution in [3.05, 3.63) is 51.9 Å². The third-order valence-corrected chi connectivity index (χ3v) is 6.08. The fourth-order valence-electron chi connectivity index (χ4n) is 3.53. The minimum absolute atomic E-state index is 0.0445.